The summed E-state index contributed by atoms with van der Waals surface area (Å²) in [5, 5.41) is 23.0. The number of carbonyl (C=O) groups excluding carboxylic acids is 2. The number of ether oxygens (including phenoxy) is 3. The highest BCUT2D eigenvalue weighted by Gasteiger charge is 2.52. The molecule has 9 nitrogen and oxygen atoms in total. The van der Waals surface area contributed by atoms with Crippen molar-refractivity contribution in [2.75, 3.05) is 26.4 Å². The summed E-state index contributed by atoms with van der Waals surface area (Å²) in [6.45, 7) is 1.08. The summed E-state index contributed by atoms with van der Waals surface area (Å²) < 4.78 is 47.8. The Kier molecular flexibility index (Phi) is 9.31. The summed E-state index contributed by atoms with van der Waals surface area (Å²) in [4.78, 5) is 24.8. The summed E-state index contributed by atoms with van der Waals surface area (Å²) in [6.07, 6.45) is -0.965. The first-order valence-electron chi connectivity index (χ1n) is 12.9. The first kappa shape index (κ1) is 30.0. The molecule has 0 bridgehead atoms. The van der Waals surface area contributed by atoms with E-state index in [0.717, 1.165) is 18.6 Å². The number of halogens is 3. The lowest BCUT2D eigenvalue weighted by Crippen LogP contribution is -2.46. The lowest BCUT2D eigenvalue weighted by Gasteiger charge is -2.33. The summed E-state index contributed by atoms with van der Waals surface area (Å²) in [6, 6.07) is 11.6. The van der Waals surface area contributed by atoms with Crippen LogP contribution in [-0.2, 0) is 10.3 Å². The van der Waals surface area contributed by atoms with Crippen molar-refractivity contribution < 1.29 is 42.8 Å². The van der Waals surface area contributed by atoms with E-state index in [1.165, 1.54) is 6.07 Å². The largest absolute Gasteiger partial charge is 0.488 e. The van der Waals surface area contributed by atoms with Gasteiger partial charge in [0.2, 0.25) is 5.91 Å². The average molecular weight is 591 g/mol. The molecule has 2 amide bonds. The molecule has 0 fully saturated rings. The van der Waals surface area contributed by atoms with Gasteiger partial charge in [-0.3, -0.25) is 4.79 Å². The van der Waals surface area contributed by atoms with Gasteiger partial charge in [0.25, 0.3) is 0 Å². The second kappa shape index (κ2) is 12.7. The molecule has 5 N–H and O–H groups in total. The zero-order valence-electron chi connectivity index (χ0n) is 22.1. The fourth-order valence-corrected chi connectivity index (χ4v) is 4.96. The van der Waals surface area contributed by atoms with Crippen molar-refractivity contribution in [1.82, 2.24) is 5.32 Å². The van der Waals surface area contributed by atoms with Gasteiger partial charge in [-0.2, -0.15) is 0 Å². The number of nitrogens with two attached hydrogens (primary N) is 1. The molecule has 4 rings (SSSR count). The highest BCUT2D eigenvalue weighted by atomic mass is 35.5. The molecule has 218 valence electrons. The van der Waals surface area contributed by atoms with Crippen molar-refractivity contribution in [3.63, 3.8) is 0 Å². The molecular formula is C29H29ClF2N2O7. The number of nitrogens with one attached hydrogen (secondary N) is 1. The second-order valence-electron chi connectivity index (χ2n) is 9.30. The van der Waals surface area contributed by atoms with Gasteiger partial charge in [-0.25, -0.2) is 13.6 Å². The van der Waals surface area contributed by atoms with Gasteiger partial charge in [0.05, 0.1) is 30.3 Å². The van der Waals surface area contributed by atoms with Gasteiger partial charge in [-0.1, -0.05) is 55.3 Å². The fourth-order valence-electron chi connectivity index (χ4n) is 4.71. The van der Waals surface area contributed by atoms with Crippen molar-refractivity contribution in [2.45, 2.75) is 31.5 Å². The minimum absolute atomic E-state index is 0.137. The maximum absolute atomic E-state index is 15.9. The van der Waals surface area contributed by atoms with E-state index in [1.807, 2.05) is 6.92 Å². The van der Waals surface area contributed by atoms with Gasteiger partial charge in [-0.15, -0.1) is 0 Å². The van der Waals surface area contributed by atoms with Gasteiger partial charge in [0, 0.05) is 28.3 Å². The molecule has 0 radical (unpaired) electrons. The lowest BCUT2D eigenvalue weighted by atomic mass is 9.83. The van der Waals surface area contributed by atoms with Crippen LogP contribution in [0.1, 0.15) is 47.4 Å². The molecule has 1 aliphatic heterocycles. The van der Waals surface area contributed by atoms with E-state index in [2.05, 4.69) is 5.32 Å². The lowest BCUT2D eigenvalue weighted by molar-refractivity contribution is -0.0314. The van der Waals surface area contributed by atoms with E-state index in [0.29, 0.717) is 12.0 Å². The van der Waals surface area contributed by atoms with E-state index in [1.54, 1.807) is 30.3 Å². The third-order valence-electron chi connectivity index (χ3n) is 6.69. The van der Waals surface area contributed by atoms with Crippen LogP contribution in [0.2, 0.25) is 5.02 Å². The van der Waals surface area contributed by atoms with Gasteiger partial charge in [0.1, 0.15) is 24.3 Å². The van der Waals surface area contributed by atoms with Gasteiger partial charge >= 0.3 is 6.09 Å². The van der Waals surface area contributed by atoms with Gasteiger partial charge in [-0.05, 0) is 18.6 Å². The zero-order valence-corrected chi connectivity index (χ0v) is 22.8. The van der Waals surface area contributed by atoms with Crippen LogP contribution in [0.25, 0.3) is 11.1 Å². The number of rotatable bonds is 11. The average Bonchev–Trinajstić information content (AvgIpc) is 3.24. The van der Waals surface area contributed by atoms with Crippen LogP contribution in [0.3, 0.4) is 0 Å². The molecule has 0 unspecified atom stereocenters. The normalized spacial score (nSPS) is 17.5. The van der Waals surface area contributed by atoms with Crippen LogP contribution >= 0.6 is 11.6 Å². The van der Waals surface area contributed by atoms with E-state index in [-0.39, 0.29) is 47.9 Å². The van der Waals surface area contributed by atoms with Crippen LogP contribution in [0.5, 0.6) is 11.5 Å². The number of amides is 2. The Labute approximate surface area is 239 Å². The first-order chi connectivity index (χ1) is 19.7. The molecule has 0 saturated carbocycles. The smallest absolute Gasteiger partial charge is 0.407 e. The fraction of sp³-hybridized carbons (Fsp3) is 0.310. The number of primary amides is 1. The predicted molar refractivity (Wildman–Crippen MR) is 146 cm³/mol. The van der Waals surface area contributed by atoms with Gasteiger partial charge in [0.15, 0.2) is 17.2 Å². The van der Waals surface area contributed by atoms with Crippen molar-refractivity contribution in [3.05, 3.63) is 81.9 Å². The Bertz CT molecular complexity index is 1440. The number of aliphatic hydroxyl groups excluding tert-OH is 2. The minimum Gasteiger partial charge on any atom is -0.488 e. The summed E-state index contributed by atoms with van der Waals surface area (Å²) in [5.74, 6) is -3.77. The molecule has 3 aromatic rings. The molecule has 1 aliphatic rings. The maximum Gasteiger partial charge on any atom is 0.407 e. The molecule has 0 aliphatic carbocycles. The zero-order chi connectivity index (χ0) is 29.7. The second-order valence-corrected chi connectivity index (χ2v) is 9.68. The number of fused-ring (bicyclic) bond motifs is 1. The summed E-state index contributed by atoms with van der Waals surface area (Å²) in [7, 11) is 0. The first-order valence-corrected chi connectivity index (χ1v) is 13.3. The highest BCUT2D eigenvalue weighted by molar-refractivity contribution is 6.34. The minimum atomic E-state index is -1.73. The standard InChI is InChI=1S/C29H29ClF2N2O7/c1-2-3-12-40-28(38)34-15-29(16-7-5-4-6-8-16)26(36)22-20(41-29)14-18(31)24(30)23(22)21-17(27(33)37)9-10-19(25(21)32)39-13-11-35/h4-10,14,26,35-36H,2-3,11-13,15H2,1H3,(H2,33,37)(H,34,38)/t26-,29+/m0/s1. The van der Waals surface area contributed by atoms with Crippen LogP contribution < -0.4 is 20.5 Å². The van der Waals surface area contributed by atoms with Crippen molar-refractivity contribution in [2.24, 2.45) is 5.73 Å². The highest BCUT2D eigenvalue weighted by Crippen LogP contribution is 2.55. The molecular weight excluding hydrogens is 562 g/mol. The van der Waals surface area contributed by atoms with Crippen LogP contribution in [0.4, 0.5) is 13.6 Å². The monoisotopic (exact) mass is 590 g/mol. The van der Waals surface area contributed by atoms with E-state index in [9.17, 15) is 14.7 Å². The molecule has 41 heavy (non-hydrogen) atoms. The molecule has 0 spiro atoms. The summed E-state index contributed by atoms with van der Waals surface area (Å²) in [5.41, 5.74) is 2.81. The van der Waals surface area contributed by atoms with Crippen molar-refractivity contribution in [1.29, 1.82) is 0 Å². The van der Waals surface area contributed by atoms with Gasteiger partial charge < -0.3 is 35.5 Å². The number of alkyl carbamates (subject to hydrolysis) is 1. The molecule has 2 atom stereocenters. The number of benzene rings is 3. The number of aliphatic hydroxyl groups is 2. The number of hydrogen-bond donors (Lipinski definition) is 4. The predicted octanol–water partition coefficient (Wildman–Crippen LogP) is 4.60. The molecule has 0 aromatic heterocycles. The van der Waals surface area contributed by atoms with Crippen molar-refractivity contribution in [3.8, 4) is 22.6 Å². The van der Waals surface area contributed by atoms with Crippen molar-refractivity contribution >= 4 is 23.6 Å². The topological polar surface area (TPSA) is 140 Å². The van der Waals surface area contributed by atoms with Crippen LogP contribution in [-0.4, -0.2) is 48.6 Å². The summed E-state index contributed by atoms with van der Waals surface area (Å²) >= 11 is 6.39. The van der Waals surface area contributed by atoms with E-state index in [4.69, 9.17) is 36.7 Å². The Balaban J connectivity index is 1.90. The maximum atomic E-state index is 15.9. The number of unbranched alkanes of at least 4 members (excludes halogenated alkanes) is 1. The molecule has 0 saturated heterocycles. The third-order valence-corrected chi connectivity index (χ3v) is 7.06. The Morgan fingerprint density at radius 2 is 1.88 bits per heavy atom. The van der Waals surface area contributed by atoms with Crippen LogP contribution in [0.15, 0.2) is 48.5 Å². The molecule has 3 aromatic carbocycles. The number of carbonyl (C=O) groups is 2. The molecule has 12 heteroatoms. The van der Waals surface area contributed by atoms with E-state index >= 15 is 8.78 Å². The Hall–Kier alpha value is -3.93. The van der Waals surface area contributed by atoms with Crippen LogP contribution in [0, 0.1) is 11.6 Å². The third kappa shape index (κ3) is 5.79. The number of hydrogen-bond acceptors (Lipinski definition) is 7. The Morgan fingerprint density at radius 1 is 1.15 bits per heavy atom. The quantitative estimate of drug-likeness (QED) is 0.239. The SMILES string of the molecule is CCCCOC(=O)NC[C@]1(c2ccccc2)Oc2cc(F)c(Cl)c(-c3c(C(N)=O)ccc(OCCO)c3F)c2[C@@H]1O. The Morgan fingerprint density at radius 3 is 2.54 bits per heavy atom. The van der Waals surface area contributed by atoms with E-state index < -0.39 is 52.5 Å². The molecule has 1 heterocycles.